The van der Waals surface area contributed by atoms with Crippen LogP contribution in [-0.2, 0) is 6.42 Å². The van der Waals surface area contributed by atoms with E-state index in [-0.39, 0.29) is 5.91 Å². The number of methoxy groups -OCH3 is 1. The summed E-state index contributed by atoms with van der Waals surface area (Å²) in [5.74, 6) is 1.52. The van der Waals surface area contributed by atoms with Crippen LogP contribution in [0.2, 0.25) is 0 Å². The van der Waals surface area contributed by atoms with Gasteiger partial charge in [-0.15, -0.1) is 0 Å². The largest absolute Gasteiger partial charge is 0.497 e. The SMILES string of the molecule is COc1ccc2nc(CCN(C)C(=O)c3ccc4ccccc4n3)[nH]c2c1. The van der Waals surface area contributed by atoms with Crippen LogP contribution in [-0.4, -0.2) is 46.5 Å². The van der Waals surface area contributed by atoms with Crippen molar-refractivity contribution >= 4 is 27.8 Å². The summed E-state index contributed by atoms with van der Waals surface area (Å²) in [4.78, 5) is 26.7. The lowest BCUT2D eigenvalue weighted by atomic mass is 10.2. The van der Waals surface area contributed by atoms with E-state index < -0.39 is 0 Å². The number of carbonyl (C=O) groups is 1. The Hall–Kier alpha value is -3.41. The van der Waals surface area contributed by atoms with E-state index in [1.807, 2.05) is 48.5 Å². The van der Waals surface area contributed by atoms with Crippen LogP contribution >= 0.6 is 0 Å². The van der Waals surface area contributed by atoms with E-state index >= 15 is 0 Å². The molecule has 136 valence electrons. The molecule has 0 aliphatic carbocycles. The third-order valence-electron chi connectivity index (χ3n) is 4.59. The van der Waals surface area contributed by atoms with Crippen molar-refractivity contribution in [3.63, 3.8) is 0 Å². The summed E-state index contributed by atoms with van der Waals surface area (Å²) in [7, 11) is 3.42. The maximum atomic E-state index is 12.7. The van der Waals surface area contributed by atoms with E-state index in [1.165, 1.54) is 0 Å². The molecule has 0 fully saturated rings. The number of hydrogen-bond acceptors (Lipinski definition) is 4. The zero-order valence-electron chi connectivity index (χ0n) is 15.3. The quantitative estimate of drug-likeness (QED) is 0.592. The zero-order valence-corrected chi connectivity index (χ0v) is 15.3. The zero-order chi connectivity index (χ0) is 18.8. The van der Waals surface area contributed by atoms with Gasteiger partial charge >= 0.3 is 0 Å². The molecule has 27 heavy (non-hydrogen) atoms. The van der Waals surface area contributed by atoms with Crippen LogP contribution in [0, 0.1) is 0 Å². The van der Waals surface area contributed by atoms with Crippen LogP contribution in [0.3, 0.4) is 0 Å². The van der Waals surface area contributed by atoms with Gasteiger partial charge in [0, 0.05) is 31.5 Å². The number of ether oxygens (including phenoxy) is 1. The number of hydrogen-bond donors (Lipinski definition) is 1. The average Bonchev–Trinajstić information content (AvgIpc) is 3.13. The van der Waals surface area contributed by atoms with E-state index in [2.05, 4.69) is 15.0 Å². The number of imidazole rings is 1. The average molecular weight is 360 g/mol. The topological polar surface area (TPSA) is 71.1 Å². The molecule has 0 radical (unpaired) electrons. The predicted molar refractivity (Wildman–Crippen MR) is 105 cm³/mol. The van der Waals surface area contributed by atoms with Gasteiger partial charge in [0.25, 0.3) is 5.91 Å². The number of carbonyl (C=O) groups excluding carboxylic acids is 1. The fourth-order valence-corrected chi connectivity index (χ4v) is 3.04. The summed E-state index contributed by atoms with van der Waals surface area (Å²) < 4.78 is 5.23. The van der Waals surface area contributed by atoms with E-state index in [1.54, 1.807) is 25.1 Å². The summed E-state index contributed by atoms with van der Waals surface area (Å²) in [6.45, 7) is 0.546. The Morgan fingerprint density at radius 3 is 2.78 bits per heavy atom. The number of fused-ring (bicyclic) bond motifs is 2. The second-order valence-corrected chi connectivity index (χ2v) is 6.43. The van der Waals surface area contributed by atoms with Crippen LogP contribution < -0.4 is 4.74 Å². The van der Waals surface area contributed by atoms with E-state index in [0.717, 1.165) is 33.5 Å². The Morgan fingerprint density at radius 1 is 1.07 bits per heavy atom. The van der Waals surface area contributed by atoms with Gasteiger partial charge in [0.05, 0.1) is 23.7 Å². The number of pyridine rings is 1. The van der Waals surface area contributed by atoms with Crippen LogP contribution in [0.5, 0.6) is 5.75 Å². The number of H-pyrrole nitrogens is 1. The molecule has 0 bridgehead atoms. The molecule has 0 aliphatic heterocycles. The maximum absolute atomic E-state index is 12.7. The summed E-state index contributed by atoms with van der Waals surface area (Å²) in [5.41, 5.74) is 3.08. The number of nitrogens with one attached hydrogen (secondary N) is 1. The monoisotopic (exact) mass is 360 g/mol. The van der Waals surface area contributed by atoms with Crippen LogP contribution in [0.1, 0.15) is 16.3 Å². The van der Waals surface area contributed by atoms with Crippen molar-refractivity contribution in [2.24, 2.45) is 0 Å². The second kappa shape index (κ2) is 7.07. The first kappa shape index (κ1) is 17.0. The molecule has 6 nitrogen and oxygen atoms in total. The van der Waals surface area contributed by atoms with Gasteiger partial charge in [-0.3, -0.25) is 4.79 Å². The van der Waals surface area contributed by atoms with Crippen molar-refractivity contribution in [3.05, 3.63) is 66.1 Å². The molecule has 4 aromatic rings. The van der Waals surface area contributed by atoms with Gasteiger partial charge in [-0.25, -0.2) is 9.97 Å². The standard InChI is InChI=1S/C21H20N4O2/c1-25(21(26)18-9-7-14-5-3-4-6-16(14)22-18)12-11-20-23-17-10-8-15(27-2)13-19(17)24-20/h3-10,13H,11-12H2,1-2H3,(H,23,24). The third kappa shape index (κ3) is 3.46. The highest BCUT2D eigenvalue weighted by atomic mass is 16.5. The molecule has 0 saturated carbocycles. The third-order valence-corrected chi connectivity index (χ3v) is 4.59. The first-order valence-electron chi connectivity index (χ1n) is 8.78. The first-order chi connectivity index (χ1) is 13.1. The fourth-order valence-electron chi connectivity index (χ4n) is 3.04. The Bertz CT molecular complexity index is 1120. The molecule has 1 N–H and O–H groups in total. The molecule has 4 rings (SSSR count). The van der Waals surface area contributed by atoms with Gasteiger partial charge in [-0.2, -0.15) is 0 Å². The fraction of sp³-hybridized carbons (Fsp3) is 0.190. The van der Waals surface area contributed by atoms with Gasteiger partial charge in [0.15, 0.2) is 0 Å². The van der Waals surface area contributed by atoms with Gasteiger partial charge < -0.3 is 14.6 Å². The molecule has 2 aromatic heterocycles. The molecule has 0 atom stereocenters. The maximum Gasteiger partial charge on any atom is 0.272 e. The molecular weight excluding hydrogens is 340 g/mol. The van der Waals surface area contributed by atoms with E-state index in [4.69, 9.17) is 4.74 Å². The second-order valence-electron chi connectivity index (χ2n) is 6.43. The number of likely N-dealkylation sites (N-methyl/N-ethyl adjacent to an activating group) is 1. The Labute approximate surface area is 156 Å². The molecule has 2 aromatic carbocycles. The van der Waals surface area contributed by atoms with Gasteiger partial charge in [-0.1, -0.05) is 24.3 Å². The molecular formula is C21H20N4O2. The summed E-state index contributed by atoms with van der Waals surface area (Å²) in [5, 5.41) is 1.02. The number of rotatable bonds is 5. The van der Waals surface area contributed by atoms with E-state index in [9.17, 15) is 4.79 Å². The Balaban J connectivity index is 1.46. The van der Waals surface area contributed by atoms with Crippen molar-refractivity contribution in [3.8, 4) is 5.75 Å². The molecule has 1 amide bonds. The highest BCUT2D eigenvalue weighted by molar-refractivity contribution is 5.94. The number of nitrogens with zero attached hydrogens (tertiary/aromatic N) is 3. The lowest BCUT2D eigenvalue weighted by molar-refractivity contribution is 0.0791. The highest BCUT2D eigenvalue weighted by Gasteiger charge is 2.14. The van der Waals surface area contributed by atoms with Gasteiger partial charge in [-0.05, 0) is 24.3 Å². The smallest absolute Gasteiger partial charge is 0.272 e. The molecule has 0 spiro atoms. The Kier molecular flexibility index (Phi) is 4.46. The first-order valence-corrected chi connectivity index (χ1v) is 8.78. The predicted octanol–water partition coefficient (Wildman–Crippen LogP) is 3.43. The number of amides is 1. The number of aromatic nitrogens is 3. The molecule has 0 aliphatic rings. The summed E-state index contributed by atoms with van der Waals surface area (Å²) in [6.07, 6.45) is 0.632. The molecule has 2 heterocycles. The summed E-state index contributed by atoms with van der Waals surface area (Å²) in [6, 6.07) is 17.2. The van der Waals surface area contributed by atoms with Crippen molar-refractivity contribution < 1.29 is 9.53 Å². The van der Waals surface area contributed by atoms with Crippen molar-refractivity contribution in [1.82, 2.24) is 19.9 Å². The number of benzene rings is 2. The van der Waals surface area contributed by atoms with Crippen LogP contribution in [0.15, 0.2) is 54.6 Å². The number of aromatic amines is 1. The van der Waals surface area contributed by atoms with Crippen LogP contribution in [0.4, 0.5) is 0 Å². The minimum Gasteiger partial charge on any atom is -0.497 e. The Morgan fingerprint density at radius 2 is 1.93 bits per heavy atom. The normalized spacial score (nSPS) is 11.0. The lowest BCUT2D eigenvalue weighted by Gasteiger charge is -2.16. The van der Waals surface area contributed by atoms with E-state index in [0.29, 0.717) is 18.7 Å². The molecule has 0 unspecified atom stereocenters. The van der Waals surface area contributed by atoms with Gasteiger partial charge in [0.1, 0.15) is 17.3 Å². The van der Waals surface area contributed by atoms with Crippen molar-refractivity contribution in [2.75, 3.05) is 20.7 Å². The minimum absolute atomic E-state index is 0.0986. The lowest BCUT2D eigenvalue weighted by Crippen LogP contribution is -2.29. The van der Waals surface area contributed by atoms with Gasteiger partial charge in [0.2, 0.25) is 0 Å². The minimum atomic E-state index is -0.0986. The van der Waals surface area contributed by atoms with Crippen molar-refractivity contribution in [2.45, 2.75) is 6.42 Å². The highest BCUT2D eigenvalue weighted by Crippen LogP contribution is 2.19. The molecule has 6 heteroatoms. The van der Waals surface area contributed by atoms with Crippen molar-refractivity contribution in [1.29, 1.82) is 0 Å². The molecule has 0 saturated heterocycles. The summed E-state index contributed by atoms with van der Waals surface area (Å²) >= 11 is 0. The van der Waals surface area contributed by atoms with Crippen LogP contribution in [0.25, 0.3) is 21.9 Å². The number of para-hydroxylation sites is 1.